The fourth-order valence-electron chi connectivity index (χ4n) is 2.23. The standard InChI is InChI=1S/C17H28F2O2Si/c1-3-11-20-22(21-12-4-2)13-7-5-6-8-15-9-10-16(18)17(19)14-15/h9-10,14,22H,3-8,11-13H2,1-2H3. The van der Waals surface area contributed by atoms with Crippen LogP contribution in [0.2, 0.25) is 6.04 Å². The molecule has 22 heavy (non-hydrogen) atoms. The van der Waals surface area contributed by atoms with Crippen molar-refractivity contribution in [1.82, 2.24) is 0 Å². The molecular weight excluding hydrogens is 302 g/mol. The lowest BCUT2D eigenvalue weighted by Crippen LogP contribution is -2.23. The number of unbranched alkanes of at least 4 members (excludes halogenated alkanes) is 2. The highest BCUT2D eigenvalue weighted by Crippen LogP contribution is 2.13. The number of halogens is 2. The largest absolute Gasteiger partial charge is 0.397 e. The molecule has 5 heteroatoms. The van der Waals surface area contributed by atoms with Crippen LogP contribution in [-0.4, -0.2) is 22.5 Å². The van der Waals surface area contributed by atoms with Crippen LogP contribution >= 0.6 is 0 Å². The lowest BCUT2D eigenvalue weighted by molar-refractivity contribution is 0.195. The molecule has 0 radical (unpaired) electrons. The number of hydrogen-bond donors (Lipinski definition) is 0. The van der Waals surface area contributed by atoms with E-state index in [2.05, 4.69) is 13.8 Å². The van der Waals surface area contributed by atoms with E-state index < -0.39 is 20.9 Å². The normalized spacial score (nSPS) is 11.3. The molecule has 0 atom stereocenters. The summed E-state index contributed by atoms with van der Waals surface area (Å²) in [5.41, 5.74) is 0.858. The van der Waals surface area contributed by atoms with Crippen LogP contribution in [0.4, 0.5) is 8.78 Å². The Hall–Kier alpha value is -0.783. The second-order valence-electron chi connectivity index (χ2n) is 5.52. The van der Waals surface area contributed by atoms with Crippen molar-refractivity contribution >= 4 is 9.28 Å². The van der Waals surface area contributed by atoms with Crippen LogP contribution in [-0.2, 0) is 15.3 Å². The van der Waals surface area contributed by atoms with Crippen LogP contribution < -0.4 is 0 Å². The highest BCUT2D eigenvalue weighted by atomic mass is 28.3. The van der Waals surface area contributed by atoms with Crippen molar-refractivity contribution in [3.05, 3.63) is 35.4 Å². The predicted molar refractivity (Wildman–Crippen MR) is 88.4 cm³/mol. The van der Waals surface area contributed by atoms with E-state index in [0.29, 0.717) is 0 Å². The zero-order valence-corrected chi connectivity index (χ0v) is 14.9. The first-order chi connectivity index (χ1) is 10.7. The van der Waals surface area contributed by atoms with E-state index in [9.17, 15) is 8.78 Å². The van der Waals surface area contributed by atoms with Crippen molar-refractivity contribution in [3.8, 4) is 0 Å². The summed E-state index contributed by atoms with van der Waals surface area (Å²) >= 11 is 0. The zero-order chi connectivity index (χ0) is 16.2. The van der Waals surface area contributed by atoms with Gasteiger partial charge in [-0.2, -0.15) is 0 Å². The monoisotopic (exact) mass is 330 g/mol. The molecular formula is C17H28F2O2Si. The SMILES string of the molecule is CCCO[SiH](CCCCCc1ccc(F)c(F)c1)OCCC. The third kappa shape index (κ3) is 8.01. The molecule has 126 valence electrons. The van der Waals surface area contributed by atoms with Gasteiger partial charge in [-0.25, -0.2) is 8.78 Å². The van der Waals surface area contributed by atoms with Gasteiger partial charge in [0.15, 0.2) is 11.6 Å². The summed E-state index contributed by atoms with van der Waals surface area (Å²) in [6, 6.07) is 5.18. The van der Waals surface area contributed by atoms with Crippen molar-refractivity contribution in [2.75, 3.05) is 13.2 Å². The van der Waals surface area contributed by atoms with Crippen molar-refractivity contribution in [1.29, 1.82) is 0 Å². The maximum atomic E-state index is 13.1. The Bertz CT molecular complexity index is 408. The molecule has 1 aromatic rings. The van der Waals surface area contributed by atoms with Crippen molar-refractivity contribution in [2.45, 2.75) is 58.4 Å². The van der Waals surface area contributed by atoms with Gasteiger partial charge in [-0.1, -0.05) is 32.8 Å². The molecule has 0 aliphatic carbocycles. The van der Waals surface area contributed by atoms with Gasteiger partial charge in [-0.05, 0) is 49.4 Å². The maximum Gasteiger partial charge on any atom is 0.321 e. The molecule has 0 amide bonds. The third-order valence-corrected chi connectivity index (χ3v) is 5.50. The van der Waals surface area contributed by atoms with Gasteiger partial charge in [0.25, 0.3) is 0 Å². The Morgan fingerprint density at radius 2 is 1.59 bits per heavy atom. The quantitative estimate of drug-likeness (QED) is 0.407. The third-order valence-electron chi connectivity index (χ3n) is 3.41. The number of rotatable bonds is 12. The van der Waals surface area contributed by atoms with Crippen LogP contribution in [0.5, 0.6) is 0 Å². The van der Waals surface area contributed by atoms with Crippen LogP contribution in [0.1, 0.15) is 51.5 Å². The van der Waals surface area contributed by atoms with Gasteiger partial charge in [0.2, 0.25) is 0 Å². The van der Waals surface area contributed by atoms with Crippen LogP contribution in [0.15, 0.2) is 18.2 Å². The van der Waals surface area contributed by atoms with Crippen LogP contribution in [0, 0.1) is 11.6 Å². The van der Waals surface area contributed by atoms with Gasteiger partial charge in [0, 0.05) is 13.2 Å². The van der Waals surface area contributed by atoms with Gasteiger partial charge >= 0.3 is 9.28 Å². The molecule has 2 nitrogen and oxygen atoms in total. The summed E-state index contributed by atoms with van der Waals surface area (Å²) in [4.78, 5) is 0. The highest BCUT2D eigenvalue weighted by Gasteiger charge is 2.12. The molecule has 1 aromatic carbocycles. The second-order valence-corrected chi connectivity index (χ2v) is 7.62. The summed E-state index contributed by atoms with van der Waals surface area (Å²) in [6.07, 6.45) is 5.95. The van der Waals surface area contributed by atoms with E-state index in [-0.39, 0.29) is 0 Å². The van der Waals surface area contributed by atoms with Gasteiger partial charge < -0.3 is 8.85 Å². The first-order valence-corrected chi connectivity index (χ1v) is 10.1. The average Bonchev–Trinajstić information content (AvgIpc) is 2.52. The highest BCUT2D eigenvalue weighted by molar-refractivity contribution is 6.44. The number of benzene rings is 1. The Balaban J connectivity index is 2.19. The first kappa shape index (κ1) is 19.3. The van der Waals surface area contributed by atoms with E-state index >= 15 is 0 Å². The summed E-state index contributed by atoms with van der Waals surface area (Å²) in [6.45, 7) is 5.78. The minimum Gasteiger partial charge on any atom is -0.397 e. The molecule has 0 aliphatic rings. The Kier molecular flexibility index (Phi) is 10.3. The molecule has 1 rings (SSSR count). The van der Waals surface area contributed by atoms with Gasteiger partial charge in [0.05, 0.1) is 0 Å². The lowest BCUT2D eigenvalue weighted by atomic mass is 10.1. The van der Waals surface area contributed by atoms with E-state index in [0.717, 1.165) is 63.3 Å². The van der Waals surface area contributed by atoms with Crippen molar-refractivity contribution in [2.24, 2.45) is 0 Å². The molecule has 0 N–H and O–H groups in total. The van der Waals surface area contributed by atoms with Crippen molar-refractivity contribution < 1.29 is 17.6 Å². The molecule has 0 saturated carbocycles. The molecule has 0 saturated heterocycles. The van der Waals surface area contributed by atoms with E-state index in [1.807, 2.05) is 0 Å². The molecule has 0 bridgehead atoms. The summed E-state index contributed by atoms with van der Waals surface area (Å²) < 4.78 is 37.6. The Morgan fingerprint density at radius 1 is 0.909 bits per heavy atom. The Labute approximate surface area is 134 Å². The minimum atomic E-state index is -1.51. The molecule has 0 unspecified atom stereocenters. The predicted octanol–water partition coefficient (Wildman–Crippen LogP) is 4.75. The summed E-state index contributed by atoms with van der Waals surface area (Å²) in [7, 11) is -1.51. The smallest absolute Gasteiger partial charge is 0.321 e. The van der Waals surface area contributed by atoms with E-state index in [4.69, 9.17) is 8.85 Å². The first-order valence-electron chi connectivity index (χ1n) is 8.34. The number of hydrogen-bond acceptors (Lipinski definition) is 2. The van der Waals surface area contributed by atoms with E-state index in [1.165, 1.54) is 12.1 Å². The molecule has 0 aromatic heterocycles. The zero-order valence-electron chi connectivity index (χ0n) is 13.7. The van der Waals surface area contributed by atoms with Gasteiger partial charge in [-0.3, -0.25) is 0 Å². The van der Waals surface area contributed by atoms with Gasteiger partial charge in [-0.15, -0.1) is 0 Å². The topological polar surface area (TPSA) is 18.5 Å². The van der Waals surface area contributed by atoms with Crippen molar-refractivity contribution in [3.63, 3.8) is 0 Å². The Morgan fingerprint density at radius 3 is 2.18 bits per heavy atom. The van der Waals surface area contributed by atoms with Crippen LogP contribution in [0.3, 0.4) is 0 Å². The van der Waals surface area contributed by atoms with Gasteiger partial charge in [0.1, 0.15) is 0 Å². The maximum absolute atomic E-state index is 13.1. The molecule has 0 spiro atoms. The van der Waals surface area contributed by atoms with Crippen LogP contribution in [0.25, 0.3) is 0 Å². The fraction of sp³-hybridized carbons (Fsp3) is 0.647. The lowest BCUT2D eigenvalue weighted by Gasteiger charge is -2.16. The summed E-state index contributed by atoms with van der Waals surface area (Å²) in [5, 5.41) is 0. The average molecular weight is 330 g/mol. The van der Waals surface area contributed by atoms with E-state index in [1.54, 1.807) is 6.07 Å². The molecule has 0 fully saturated rings. The second kappa shape index (κ2) is 11.7. The fourth-order valence-corrected chi connectivity index (χ4v) is 4.27. The molecule has 0 heterocycles. The number of aryl methyl sites for hydroxylation is 1. The minimum absolute atomic E-state index is 0.758. The molecule has 0 aliphatic heterocycles. The summed E-state index contributed by atoms with van der Waals surface area (Å²) in [5.74, 6) is -1.54.